The number of rotatable bonds is 10. The Morgan fingerprint density at radius 1 is 0.939 bits per heavy atom. The van der Waals surface area contributed by atoms with Gasteiger partial charge < -0.3 is 10.2 Å². The zero-order valence-corrected chi connectivity index (χ0v) is 20.5. The molecule has 0 radical (unpaired) electrons. The van der Waals surface area contributed by atoms with E-state index >= 15 is 0 Å². The average molecular weight is 481 g/mol. The van der Waals surface area contributed by atoms with Gasteiger partial charge in [0.15, 0.2) is 0 Å². The van der Waals surface area contributed by atoms with Crippen molar-refractivity contribution in [3.05, 3.63) is 106 Å². The van der Waals surface area contributed by atoms with Gasteiger partial charge in [0, 0.05) is 30.8 Å². The van der Waals surface area contributed by atoms with E-state index in [2.05, 4.69) is 24.4 Å². The quantitative estimate of drug-likeness (QED) is 0.430. The molecule has 3 aromatic rings. The van der Waals surface area contributed by atoms with Crippen LogP contribution in [0.15, 0.2) is 78.9 Å². The molecule has 2 amide bonds. The fourth-order valence-corrected chi connectivity index (χ4v) is 4.82. The number of amides is 2. The van der Waals surface area contributed by atoms with Gasteiger partial charge in [-0.1, -0.05) is 84.4 Å². The molecule has 0 aliphatic rings. The Bertz CT molecular complexity index is 1070. The Kier molecular flexibility index (Phi) is 9.40. The van der Waals surface area contributed by atoms with Crippen molar-refractivity contribution in [3.63, 3.8) is 0 Å². The molecule has 0 heterocycles. The highest BCUT2D eigenvalue weighted by atomic mass is 35.5. The highest BCUT2D eigenvalue weighted by Gasteiger charge is 2.30. The average Bonchev–Trinajstić information content (AvgIpc) is 2.83. The molecule has 0 bridgehead atoms. The second kappa shape index (κ2) is 12.5. The SMILES string of the molecule is CNC(=O)[C@H](Cc1ccccc1)N(Cc1ccccc1Cl)C(=O)CSCc1ccccc1C. The Balaban J connectivity index is 1.83. The van der Waals surface area contributed by atoms with Crippen molar-refractivity contribution < 1.29 is 9.59 Å². The largest absolute Gasteiger partial charge is 0.357 e. The van der Waals surface area contributed by atoms with Crippen molar-refractivity contribution in [1.29, 1.82) is 0 Å². The van der Waals surface area contributed by atoms with Gasteiger partial charge >= 0.3 is 0 Å². The summed E-state index contributed by atoms with van der Waals surface area (Å²) in [7, 11) is 1.60. The third-order valence-electron chi connectivity index (χ3n) is 5.56. The molecule has 1 atom stereocenters. The molecule has 0 aromatic heterocycles. The zero-order valence-electron chi connectivity index (χ0n) is 19.0. The van der Waals surface area contributed by atoms with Gasteiger partial charge in [0.2, 0.25) is 11.8 Å². The lowest BCUT2D eigenvalue weighted by molar-refractivity contribution is -0.139. The minimum Gasteiger partial charge on any atom is -0.357 e. The summed E-state index contributed by atoms with van der Waals surface area (Å²) in [5.41, 5.74) is 4.23. The van der Waals surface area contributed by atoms with Gasteiger partial charge in [-0.3, -0.25) is 9.59 Å². The number of nitrogens with one attached hydrogen (secondary N) is 1. The molecular formula is C27H29ClN2O2S. The molecule has 6 heteroatoms. The molecule has 33 heavy (non-hydrogen) atoms. The number of likely N-dealkylation sites (N-methyl/N-ethyl adjacent to an activating group) is 1. The molecule has 0 saturated heterocycles. The van der Waals surface area contributed by atoms with Crippen molar-refractivity contribution in [2.45, 2.75) is 31.7 Å². The molecule has 172 valence electrons. The van der Waals surface area contributed by atoms with Gasteiger partial charge in [0.05, 0.1) is 5.75 Å². The topological polar surface area (TPSA) is 49.4 Å². The number of carbonyl (C=O) groups excluding carboxylic acids is 2. The second-order valence-corrected chi connectivity index (χ2v) is 9.24. The Labute approximate surface area is 205 Å². The summed E-state index contributed by atoms with van der Waals surface area (Å²) in [6, 6.07) is 24.7. The first-order valence-electron chi connectivity index (χ1n) is 10.9. The van der Waals surface area contributed by atoms with Crippen LogP contribution < -0.4 is 5.32 Å². The summed E-state index contributed by atoms with van der Waals surface area (Å²) in [5.74, 6) is 0.740. The minimum atomic E-state index is -0.639. The number of hydrogen-bond acceptors (Lipinski definition) is 3. The van der Waals surface area contributed by atoms with Gasteiger partial charge in [0.1, 0.15) is 6.04 Å². The molecule has 0 fully saturated rings. The van der Waals surface area contributed by atoms with Gasteiger partial charge in [-0.25, -0.2) is 0 Å². The van der Waals surface area contributed by atoms with Crippen molar-refractivity contribution in [3.8, 4) is 0 Å². The second-order valence-electron chi connectivity index (χ2n) is 7.85. The highest BCUT2D eigenvalue weighted by Crippen LogP contribution is 2.22. The first kappa shape index (κ1) is 24.9. The number of nitrogens with zero attached hydrogens (tertiary/aromatic N) is 1. The van der Waals surface area contributed by atoms with E-state index in [0.29, 0.717) is 11.4 Å². The summed E-state index contributed by atoms with van der Waals surface area (Å²) in [6.07, 6.45) is 0.430. The maximum Gasteiger partial charge on any atom is 0.242 e. The summed E-state index contributed by atoms with van der Waals surface area (Å²) in [4.78, 5) is 28.1. The minimum absolute atomic E-state index is 0.0852. The Hall–Kier alpha value is -2.76. The molecule has 0 spiro atoms. The summed E-state index contributed by atoms with van der Waals surface area (Å²) >= 11 is 7.97. The highest BCUT2D eigenvalue weighted by molar-refractivity contribution is 7.99. The third kappa shape index (κ3) is 7.11. The fourth-order valence-electron chi connectivity index (χ4n) is 3.63. The predicted octanol–water partition coefficient (Wildman–Crippen LogP) is 5.27. The molecule has 0 aliphatic carbocycles. The van der Waals surface area contributed by atoms with Crippen molar-refractivity contribution in [2.75, 3.05) is 12.8 Å². The maximum atomic E-state index is 13.5. The lowest BCUT2D eigenvalue weighted by atomic mass is 10.0. The molecule has 3 rings (SSSR count). The predicted molar refractivity (Wildman–Crippen MR) is 137 cm³/mol. The van der Waals surface area contributed by atoms with E-state index in [4.69, 9.17) is 11.6 Å². The smallest absolute Gasteiger partial charge is 0.242 e. The van der Waals surface area contributed by atoms with Gasteiger partial charge in [-0.15, -0.1) is 11.8 Å². The van der Waals surface area contributed by atoms with E-state index in [1.54, 1.807) is 29.8 Å². The van der Waals surface area contributed by atoms with Crippen LogP contribution in [0.3, 0.4) is 0 Å². The van der Waals surface area contributed by atoms with Gasteiger partial charge in [-0.05, 0) is 35.2 Å². The van der Waals surface area contributed by atoms with Crippen LogP contribution in [0, 0.1) is 6.92 Å². The van der Waals surface area contributed by atoms with Crippen LogP contribution in [0.5, 0.6) is 0 Å². The van der Waals surface area contributed by atoms with E-state index in [-0.39, 0.29) is 24.1 Å². The van der Waals surface area contributed by atoms with Gasteiger partial charge in [0.25, 0.3) is 0 Å². The molecule has 0 unspecified atom stereocenters. The summed E-state index contributed by atoms with van der Waals surface area (Å²) in [5, 5.41) is 3.32. The zero-order chi connectivity index (χ0) is 23.6. The van der Waals surface area contributed by atoms with Crippen LogP contribution in [0.2, 0.25) is 5.02 Å². The molecule has 0 saturated carbocycles. The fraction of sp³-hybridized carbons (Fsp3) is 0.259. The monoisotopic (exact) mass is 480 g/mol. The first-order valence-corrected chi connectivity index (χ1v) is 12.4. The Morgan fingerprint density at radius 2 is 1.58 bits per heavy atom. The number of benzene rings is 3. The van der Waals surface area contributed by atoms with Crippen LogP contribution in [0.1, 0.15) is 22.3 Å². The number of aryl methyl sites for hydroxylation is 1. The lowest BCUT2D eigenvalue weighted by Crippen LogP contribution is -2.50. The maximum absolute atomic E-state index is 13.5. The Morgan fingerprint density at radius 3 is 2.24 bits per heavy atom. The van der Waals surface area contributed by atoms with Crippen molar-refractivity contribution >= 4 is 35.2 Å². The van der Waals surface area contributed by atoms with Crippen LogP contribution in [-0.2, 0) is 28.3 Å². The van der Waals surface area contributed by atoms with E-state index in [1.807, 2.05) is 60.7 Å². The van der Waals surface area contributed by atoms with Crippen LogP contribution >= 0.6 is 23.4 Å². The molecular weight excluding hydrogens is 452 g/mol. The van der Waals surface area contributed by atoms with Crippen LogP contribution in [-0.4, -0.2) is 35.6 Å². The van der Waals surface area contributed by atoms with E-state index in [1.165, 1.54) is 11.1 Å². The first-order chi connectivity index (χ1) is 16.0. The summed E-state index contributed by atoms with van der Waals surface area (Å²) in [6.45, 7) is 2.34. The van der Waals surface area contributed by atoms with E-state index < -0.39 is 6.04 Å². The van der Waals surface area contributed by atoms with Crippen LogP contribution in [0.25, 0.3) is 0 Å². The number of carbonyl (C=O) groups is 2. The number of halogens is 1. The summed E-state index contributed by atoms with van der Waals surface area (Å²) < 4.78 is 0. The molecule has 4 nitrogen and oxygen atoms in total. The number of hydrogen-bond donors (Lipinski definition) is 1. The van der Waals surface area contributed by atoms with Crippen molar-refractivity contribution in [1.82, 2.24) is 10.2 Å². The molecule has 3 aromatic carbocycles. The molecule has 0 aliphatic heterocycles. The molecule has 1 N–H and O–H groups in total. The normalized spacial score (nSPS) is 11.6. The van der Waals surface area contributed by atoms with Gasteiger partial charge in [-0.2, -0.15) is 0 Å². The number of thioether (sulfide) groups is 1. The lowest BCUT2D eigenvalue weighted by Gasteiger charge is -2.31. The van der Waals surface area contributed by atoms with Crippen molar-refractivity contribution in [2.24, 2.45) is 0 Å². The standard InChI is InChI=1S/C27H29ClN2O2S/c1-20-10-6-7-14-23(20)18-33-19-26(31)30(17-22-13-8-9-15-24(22)28)25(27(32)29-2)16-21-11-4-3-5-12-21/h3-15,25H,16-19H2,1-2H3,(H,29,32)/t25-/m0/s1. The van der Waals surface area contributed by atoms with Crippen LogP contribution in [0.4, 0.5) is 0 Å². The third-order valence-corrected chi connectivity index (χ3v) is 6.90. The van der Waals surface area contributed by atoms with E-state index in [0.717, 1.165) is 16.9 Å². The van der Waals surface area contributed by atoms with E-state index in [9.17, 15) is 9.59 Å².